The molecule has 3 aromatic rings. The van der Waals surface area contributed by atoms with E-state index in [0.717, 1.165) is 5.69 Å². The number of aryl methyl sites for hydroxylation is 1. The van der Waals surface area contributed by atoms with E-state index < -0.39 is 23.9 Å². The summed E-state index contributed by atoms with van der Waals surface area (Å²) < 4.78 is 14.2. The highest BCUT2D eigenvalue weighted by Crippen LogP contribution is 2.52. The maximum absolute atomic E-state index is 13.4. The van der Waals surface area contributed by atoms with Crippen molar-refractivity contribution >= 4 is 64.2 Å². The monoisotopic (exact) mass is 526 g/mol. The van der Waals surface area contributed by atoms with Gasteiger partial charge in [-0.05, 0) is 31.0 Å². The Morgan fingerprint density at radius 3 is 2.30 bits per heavy atom. The molecule has 0 saturated carbocycles. The second-order valence-corrected chi connectivity index (χ2v) is 9.27. The molecule has 7 nitrogen and oxygen atoms in total. The molecular weight excluding hydrogens is 514 g/mol. The van der Waals surface area contributed by atoms with E-state index in [4.69, 9.17) is 55.9 Å². The van der Waals surface area contributed by atoms with Crippen molar-refractivity contribution in [2.24, 2.45) is 0 Å². The molecule has 5 rings (SSSR count). The first-order chi connectivity index (χ1) is 15.6. The molecule has 2 aliphatic heterocycles. The van der Waals surface area contributed by atoms with Crippen molar-refractivity contribution in [3.63, 3.8) is 0 Å². The molecule has 0 radical (unpaired) electrons. The maximum Gasteiger partial charge on any atom is 0.308 e. The van der Waals surface area contributed by atoms with Crippen molar-refractivity contribution in [3.05, 3.63) is 55.4 Å². The first-order valence-corrected chi connectivity index (χ1v) is 11.4. The van der Waals surface area contributed by atoms with Gasteiger partial charge in [-0.1, -0.05) is 46.4 Å². The molecular formula is C22H14Cl4N2O5. The molecule has 2 aliphatic rings. The van der Waals surface area contributed by atoms with Crippen molar-refractivity contribution in [1.82, 2.24) is 9.13 Å². The van der Waals surface area contributed by atoms with Gasteiger partial charge in [0.2, 0.25) is 0 Å². The molecule has 0 unspecified atom stereocenters. The third-order valence-corrected chi connectivity index (χ3v) is 7.23. The van der Waals surface area contributed by atoms with Gasteiger partial charge in [-0.3, -0.25) is 19.0 Å². The first kappa shape index (κ1) is 22.3. The van der Waals surface area contributed by atoms with E-state index in [1.165, 1.54) is 24.5 Å². The number of hydrogen-bond acceptors (Lipinski definition) is 5. The number of rotatable bonds is 3. The van der Waals surface area contributed by atoms with Crippen LogP contribution in [0.4, 0.5) is 0 Å². The van der Waals surface area contributed by atoms with Crippen LogP contribution in [0.25, 0.3) is 11.3 Å². The van der Waals surface area contributed by atoms with E-state index in [1.807, 2.05) is 0 Å². The summed E-state index contributed by atoms with van der Waals surface area (Å²) in [7, 11) is 0. The largest absolute Gasteiger partial charge is 0.426 e. The predicted octanol–water partition coefficient (Wildman–Crippen LogP) is 5.96. The minimum atomic E-state index is -0.651. The lowest BCUT2D eigenvalue weighted by Gasteiger charge is -2.23. The summed E-state index contributed by atoms with van der Waals surface area (Å²) in [5.41, 5.74) is 2.10. The Morgan fingerprint density at radius 2 is 1.64 bits per heavy atom. The molecule has 0 amide bonds. The molecule has 33 heavy (non-hydrogen) atoms. The first-order valence-electron chi connectivity index (χ1n) is 9.84. The minimum absolute atomic E-state index is 0.0177. The molecule has 11 heteroatoms. The van der Waals surface area contributed by atoms with Crippen molar-refractivity contribution in [2.45, 2.75) is 32.7 Å². The Labute approximate surface area is 207 Å². The number of carbonyl (C=O) groups is 3. The van der Waals surface area contributed by atoms with E-state index in [-0.39, 0.29) is 27.2 Å². The molecule has 0 fully saturated rings. The quantitative estimate of drug-likeness (QED) is 0.242. The van der Waals surface area contributed by atoms with Crippen LogP contribution in [0.5, 0.6) is 11.5 Å². The number of fused-ring (bicyclic) bond motifs is 4. The van der Waals surface area contributed by atoms with E-state index in [2.05, 4.69) is 0 Å². The van der Waals surface area contributed by atoms with Crippen LogP contribution in [0.2, 0.25) is 20.4 Å². The zero-order chi connectivity index (χ0) is 23.8. The third kappa shape index (κ3) is 3.29. The third-order valence-electron chi connectivity index (χ3n) is 5.70. The smallest absolute Gasteiger partial charge is 0.308 e. The highest BCUT2D eigenvalue weighted by atomic mass is 35.5. The summed E-state index contributed by atoms with van der Waals surface area (Å²) in [6.45, 7) is 2.47. The summed E-state index contributed by atoms with van der Waals surface area (Å²) in [6, 6.07) is 4.34. The van der Waals surface area contributed by atoms with Gasteiger partial charge in [0.1, 0.15) is 16.1 Å². The molecule has 0 aliphatic carbocycles. The van der Waals surface area contributed by atoms with Gasteiger partial charge in [0, 0.05) is 25.1 Å². The number of carbonyl (C=O) groups excluding carboxylic acids is 3. The highest BCUT2D eigenvalue weighted by molar-refractivity contribution is 6.43. The average molecular weight is 528 g/mol. The second kappa shape index (κ2) is 7.81. The van der Waals surface area contributed by atoms with Gasteiger partial charge in [-0.2, -0.15) is 0 Å². The standard InChI is InChI=1S/C22H14Cl4N2O5/c1-8(29)32-16-6-11-15-7-13(24)21(26)28(15)22(31)17(11)19(33-9(2)30)18(16)14-4-3-10-5-12(23)20(25)27(10)14/h5-7,14H,3-4H2,1-2H3/t14-/m0/s1. The summed E-state index contributed by atoms with van der Waals surface area (Å²) in [4.78, 5) is 37.5. The van der Waals surface area contributed by atoms with Gasteiger partial charge in [0.05, 0.1) is 32.9 Å². The van der Waals surface area contributed by atoms with E-state index >= 15 is 0 Å². The Morgan fingerprint density at radius 1 is 0.970 bits per heavy atom. The number of nitrogens with zero attached hydrogens (tertiary/aromatic N) is 2. The fourth-order valence-corrected chi connectivity index (χ4v) is 5.48. The Hall–Kier alpha value is -2.45. The van der Waals surface area contributed by atoms with Crippen LogP contribution >= 0.6 is 46.4 Å². The van der Waals surface area contributed by atoms with Gasteiger partial charge < -0.3 is 14.0 Å². The number of esters is 2. The molecule has 170 valence electrons. The number of halogens is 4. The van der Waals surface area contributed by atoms with Gasteiger partial charge >= 0.3 is 11.9 Å². The van der Waals surface area contributed by atoms with E-state index in [1.54, 1.807) is 16.7 Å². The topological polar surface area (TPSA) is 79.5 Å². The van der Waals surface area contributed by atoms with Crippen molar-refractivity contribution in [2.75, 3.05) is 0 Å². The number of benzene rings is 1. The Kier molecular flexibility index (Phi) is 5.29. The van der Waals surface area contributed by atoms with Gasteiger partial charge in [0.25, 0.3) is 5.91 Å². The fraction of sp³-hybridized carbons (Fsp3) is 0.227. The van der Waals surface area contributed by atoms with Gasteiger partial charge in [-0.15, -0.1) is 0 Å². The molecule has 0 bridgehead atoms. The highest BCUT2D eigenvalue weighted by Gasteiger charge is 2.41. The zero-order valence-corrected chi connectivity index (χ0v) is 20.2. The molecule has 4 heterocycles. The molecule has 1 atom stereocenters. The SMILES string of the molecule is CC(=O)Oc1cc2c(c(OC(C)=O)c1[C@@H]1CCc3cc(Cl)c(Cl)n31)C(=O)n1c-2cc(Cl)c1Cl. The van der Waals surface area contributed by atoms with E-state index in [9.17, 15) is 14.4 Å². The van der Waals surface area contributed by atoms with E-state index in [0.29, 0.717) is 39.8 Å². The number of ether oxygens (including phenoxy) is 2. The van der Waals surface area contributed by atoms with Crippen molar-refractivity contribution in [1.29, 1.82) is 0 Å². The number of aromatic nitrogens is 2. The van der Waals surface area contributed by atoms with Crippen LogP contribution in [-0.4, -0.2) is 27.0 Å². The lowest BCUT2D eigenvalue weighted by molar-refractivity contribution is -0.132. The molecule has 1 aromatic carbocycles. The normalized spacial score (nSPS) is 15.9. The van der Waals surface area contributed by atoms with Crippen LogP contribution in [0, 0.1) is 0 Å². The predicted molar refractivity (Wildman–Crippen MR) is 123 cm³/mol. The van der Waals surface area contributed by atoms with Crippen molar-refractivity contribution in [3.8, 4) is 22.8 Å². The molecule has 0 N–H and O–H groups in total. The Bertz CT molecular complexity index is 1400. The second-order valence-electron chi connectivity index (χ2n) is 7.74. The zero-order valence-electron chi connectivity index (χ0n) is 17.2. The maximum atomic E-state index is 13.4. The van der Waals surface area contributed by atoms with Gasteiger partial charge in [0.15, 0.2) is 5.75 Å². The lowest BCUT2D eigenvalue weighted by atomic mass is 9.94. The average Bonchev–Trinajstić information content (AvgIpc) is 3.41. The van der Waals surface area contributed by atoms with Crippen molar-refractivity contribution < 1.29 is 23.9 Å². The summed E-state index contributed by atoms with van der Waals surface area (Å²) in [5, 5.41) is 0.881. The number of hydrogen-bond donors (Lipinski definition) is 0. The Balaban J connectivity index is 1.84. The lowest BCUT2D eigenvalue weighted by Crippen LogP contribution is -2.17. The minimum Gasteiger partial charge on any atom is -0.426 e. The molecule has 2 aromatic heterocycles. The summed E-state index contributed by atoms with van der Waals surface area (Å²) in [6.07, 6.45) is 1.18. The molecule has 0 saturated heterocycles. The van der Waals surface area contributed by atoms with Crippen LogP contribution in [0.1, 0.15) is 47.9 Å². The van der Waals surface area contributed by atoms with Crippen LogP contribution in [-0.2, 0) is 16.0 Å². The summed E-state index contributed by atoms with van der Waals surface area (Å²) >= 11 is 25.1. The molecule has 0 spiro atoms. The van der Waals surface area contributed by atoms with Crippen LogP contribution in [0.15, 0.2) is 18.2 Å². The summed E-state index contributed by atoms with van der Waals surface area (Å²) in [5.74, 6) is -1.64. The van der Waals surface area contributed by atoms with Crippen LogP contribution in [0.3, 0.4) is 0 Å². The fourth-order valence-electron chi connectivity index (χ4n) is 4.57. The van der Waals surface area contributed by atoms with Crippen LogP contribution < -0.4 is 9.47 Å². The van der Waals surface area contributed by atoms with Gasteiger partial charge in [-0.25, -0.2) is 0 Å².